The van der Waals surface area contributed by atoms with E-state index in [9.17, 15) is 23.1 Å². The standard InChI is InChI=1S/C18H24N2O5S/c1-12-15(18(22)23)6-4-9-19(12)17(21)14-7-8-16-13(11-14)5-3-10-20(16)26(2,24)25/h7-8,11-12,15H,3-6,9-10H2,1-2H3,(H,22,23)/t12-,15-/m1/s1. The van der Waals surface area contributed by atoms with Crippen molar-refractivity contribution in [2.45, 2.75) is 38.6 Å². The number of rotatable bonds is 3. The van der Waals surface area contributed by atoms with E-state index in [-0.39, 0.29) is 11.9 Å². The average Bonchev–Trinajstić information content (AvgIpc) is 2.59. The van der Waals surface area contributed by atoms with Crippen molar-refractivity contribution in [1.82, 2.24) is 4.90 Å². The van der Waals surface area contributed by atoms with E-state index in [2.05, 4.69) is 0 Å². The quantitative estimate of drug-likeness (QED) is 0.862. The van der Waals surface area contributed by atoms with Gasteiger partial charge in [-0.2, -0.15) is 0 Å². The molecule has 1 saturated heterocycles. The number of benzene rings is 1. The number of aryl methyl sites for hydroxylation is 1. The van der Waals surface area contributed by atoms with Gasteiger partial charge >= 0.3 is 5.97 Å². The summed E-state index contributed by atoms with van der Waals surface area (Å²) in [6.45, 7) is 2.76. The van der Waals surface area contributed by atoms with Crippen LogP contribution in [0.15, 0.2) is 18.2 Å². The minimum Gasteiger partial charge on any atom is -0.481 e. The molecule has 26 heavy (non-hydrogen) atoms. The van der Waals surface area contributed by atoms with Crippen molar-refractivity contribution in [3.05, 3.63) is 29.3 Å². The van der Waals surface area contributed by atoms with Gasteiger partial charge in [0.25, 0.3) is 5.91 Å². The fourth-order valence-electron chi connectivity index (χ4n) is 3.97. The Morgan fingerprint density at radius 2 is 1.92 bits per heavy atom. The first-order valence-corrected chi connectivity index (χ1v) is 10.7. The highest BCUT2D eigenvalue weighted by Gasteiger charge is 2.36. The number of carboxylic acid groups (broad SMARTS) is 1. The third kappa shape index (κ3) is 3.42. The molecule has 1 aromatic rings. The van der Waals surface area contributed by atoms with E-state index < -0.39 is 21.9 Å². The van der Waals surface area contributed by atoms with Crippen LogP contribution < -0.4 is 4.31 Å². The number of sulfonamides is 1. The van der Waals surface area contributed by atoms with Crippen LogP contribution in [-0.2, 0) is 21.2 Å². The van der Waals surface area contributed by atoms with Gasteiger partial charge in [0.1, 0.15) is 0 Å². The molecular weight excluding hydrogens is 356 g/mol. The number of likely N-dealkylation sites (tertiary alicyclic amines) is 1. The van der Waals surface area contributed by atoms with Gasteiger partial charge in [-0.05, 0) is 56.4 Å². The zero-order valence-electron chi connectivity index (χ0n) is 15.0. The minimum atomic E-state index is -3.35. The highest BCUT2D eigenvalue weighted by molar-refractivity contribution is 7.92. The number of aliphatic carboxylic acids is 1. The lowest BCUT2D eigenvalue weighted by Gasteiger charge is -2.37. The van der Waals surface area contributed by atoms with E-state index in [4.69, 9.17) is 0 Å². The molecule has 7 nitrogen and oxygen atoms in total. The highest BCUT2D eigenvalue weighted by atomic mass is 32.2. The van der Waals surface area contributed by atoms with Crippen molar-refractivity contribution in [2.75, 3.05) is 23.7 Å². The summed E-state index contributed by atoms with van der Waals surface area (Å²) in [5.41, 5.74) is 1.95. The molecule has 0 aliphatic carbocycles. The molecule has 1 fully saturated rings. The second-order valence-corrected chi connectivity index (χ2v) is 9.02. The lowest BCUT2D eigenvalue weighted by atomic mass is 9.89. The number of fused-ring (bicyclic) bond motifs is 1. The van der Waals surface area contributed by atoms with E-state index >= 15 is 0 Å². The smallest absolute Gasteiger partial charge is 0.308 e. The first kappa shape index (κ1) is 18.7. The van der Waals surface area contributed by atoms with Gasteiger partial charge in [-0.3, -0.25) is 13.9 Å². The van der Waals surface area contributed by atoms with Gasteiger partial charge in [0, 0.05) is 24.7 Å². The van der Waals surface area contributed by atoms with Crippen LogP contribution in [0.2, 0.25) is 0 Å². The molecule has 8 heteroatoms. The topological polar surface area (TPSA) is 95.0 Å². The summed E-state index contributed by atoms with van der Waals surface area (Å²) in [5, 5.41) is 9.34. The Hall–Kier alpha value is -2.09. The molecular formula is C18H24N2O5S. The Morgan fingerprint density at radius 1 is 1.19 bits per heavy atom. The van der Waals surface area contributed by atoms with Gasteiger partial charge in [-0.15, -0.1) is 0 Å². The van der Waals surface area contributed by atoms with Crippen molar-refractivity contribution in [1.29, 1.82) is 0 Å². The first-order valence-electron chi connectivity index (χ1n) is 8.84. The maximum atomic E-state index is 12.9. The lowest BCUT2D eigenvalue weighted by molar-refractivity contribution is -0.144. The molecule has 142 valence electrons. The normalized spacial score (nSPS) is 23.5. The predicted octanol–water partition coefficient (Wildman–Crippen LogP) is 1.72. The summed E-state index contributed by atoms with van der Waals surface area (Å²) in [6, 6.07) is 4.72. The molecule has 1 N–H and O–H groups in total. The van der Waals surface area contributed by atoms with Crippen molar-refractivity contribution in [2.24, 2.45) is 5.92 Å². The minimum absolute atomic E-state index is 0.192. The Balaban J connectivity index is 1.89. The van der Waals surface area contributed by atoms with Gasteiger partial charge in [-0.25, -0.2) is 8.42 Å². The Labute approximate surface area is 153 Å². The molecule has 0 bridgehead atoms. The Bertz CT molecular complexity index is 836. The summed E-state index contributed by atoms with van der Waals surface area (Å²) in [6.07, 6.45) is 3.85. The Morgan fingerprint density at radius 3 is 2.58 bits per heavy atom. The molecule has 1 aromatic carbocycles. The Kier molecular flexibility index (Phi) is 4.96. The summed E-state index contributed by atoms with van der Waals surface area (Å²) < 4.78 is 25.3. The van der Waals surface area contributed by atoms with Crippen LogP contribution in [0.1, 0.15) is 42.1 Å². The third-order valence-electron chi connectivity index (χ3n) is 5.37. The molecule has 0 saturated carbocycles. The van der Waals surface area contributed by atoms with Crippen LogP contribution in [0, 0.1) is 5.92 Å². The van der Waals surface area contributed by atoms with Gasteiger partial charge < -0.3 is 10.0 Å². The van der Waals surface area contributed by atoms with Gasteiger partial charge in [0.15, 0.2) is 0 Å². The fourth-order valence-corrected chi connectivity index (χ4v) is 4.96. The van der Waals surface area contributed by atoms with Gasteiger partial charge in [0.2, 0.25) is 10.0 Å². The maximum Gasteiger partial charge on any atom is 0.308 e. The van der Waals surface area contributed by atoms with Crippen molar-refractivity contribution in [3.63, 3.8) is 0 Å². The van der Waals surface area contributed by atoms with Crippen LogP contribution in [-0.4, -0.2) is 55.7 Å². The number of piperidine rings is 1. The average molecular weight is 380 g/mol. The number of nitrogens with zero attached hydrogens (tertiary/aromatic N) is 2. The molecule has 0 radical (unpaired) electrons. The van der Waals surface area contributed by atoms with Gasteiger partial charge in [0.05, 0.1) is 17.9 Å². The number of hydrogen-bond acceptors (Lipinski definition) is 4. The summed E-state index contributed by atoms with van der Waals surface area (Å²) in [4.78, 5) is 26.0. The summed E-state index contributed by atoms with van der Waals surface area (Å²) in [7, 11) is -3.35. The van der Waals surface area contributed by atoms with Crippen molar-refractivity contribution >= 4 is 27.6 Å². The zero-order chi connectivity index (χ0) is 19.1. The molecule has 0 unspecified atom stereocenters. The fraction of sp³-hybridized carbons (Fsp3) is 0.556. The van der Waals surface area contributed by atoms with E-state index in [1.54, 1.807) is 30.0 Å². The number of anilines is 1. The number of carbonyl (C=O) groups excluding carboxylic acids is 1. The van der Waals surface area contributed by atoms with E-state index in [1.165, 1.54) is 10.6 Å². The van der Waals surface area contributed by atoms with E-state index in [0.717, 1.165) is 12.0 Å². The van der Waals surface area contributed by atoms with Crippen LogP contribution in [0.4, 0.5) is 5.69 Å². The van der Waals surface area contributed by atoms with Gasteiger partial charge in [-0.1, -0.05) is 0 Å². The third-order valence-corrected chi connectivity index (χ3v) is 6.55. The number of carboxylic acids is 1. The molecule has 3 rings (SSSR count). The molecule has 2 aliphatic heterocycles. The number of carbonyl (C=O) groups is 2. The van der Waals surface area contributed by atoms with Crippen LogP contribution >= 0.6 is 0 Å². The molecule has 2 aliphatic rings. The zero-order valence-corrected chi connectivity index (χ0v) is 15.8. The SMILES string of the molecule is C[C@@H]1[C@H](C(=O)O)CCCN1C(=O)c1ccc2c(c1)CCCN2S(C)(=O)=O. The maximum absolute atomic E-state index is 12.9. The molecule has 2 heterocycles. The molecule has 2 atom stereocenters. The lowest BCUT2D eigenvalue weighted by Crippen LogP contribution is -2.49. The van der Waals surface area contributed by atoms with Crippen LogP contribution in [0.25, 0.3) is 0 Å². The predicted molar refractivity (Wildman–Crippen MR) is 97.8 cm³/mol. The van der Waals surface area contributed by atoms with Crippen LogP contribution in [0.5, 0.6) is 0 Å². The molecule has 0 spiro atoms. The second kappa shape index (κ2) is 6.90. The highest BCUT2D eigenvalue weighted by Crippen LogP contribution is 2.31. The first-order chi connectivity index (χ1) is 12.2. The summed E-state index contributed by atoms with van der Waals surface area (Å²) in [5.74, 6) is -1.61. The number of hydrogen-bond donors (Lipinski definition) is 1. The van der Waals surface area contributed by atoms with Crippen LogP contribution in [0.3, 0.4) is 0 Å². The largest absolute Gasteiger partial charge is 0.481 e. The van der Waals surface area contributed by atoms with E-state index in [0.29, 0.717) is 43.6 Å². The second-order valence-electron chi connectivity index (χ2n) is 7.11. The summed E-state index contributed by atoms with van der Waals surface area (Å²) >= 11 is 0. The van der Waals surface area contributed by atoms with E-state index in [1.807, 2.05) is 0 Å². The monoisotopic (exact) mass is 380 g/mol. The number of amides is 1. The molecule has 0 aromatic heterocycles. The van der Waals surface area contributed by atoms with Crippen molar-refractivity contribution in [3.8, 4) is 0 Å². The van der Waals surface area contributed by atoms with Crippen molar-refractivity contribution < 1.29 is 23.1 Å². The molecule has 1 amide bonds.